The molecule has 2 atom stereocenters. The Kier molecular flexibility index (Phi) is 7.15. The lowest BCUT2D eigenvalue weighted by Crippen LogP contribution is -2.47. The summed E-state index contributed by atoms with van der Waals surface area (Å²) in [5, 5.41) is 0. The lowest BCUT2D eigenvalue weighted by molar-refractivity contribution is -0.703. The number of imidazole rings is 1. The van der Waals surface area contributed by atoms with Gasteiger partial charge in [-0.15, -0.1) is 0 Å². The molecule has 178 valence electrons. The van der Waals surface area contributed by atoms with Crippen LogP contribution in [0.4, 0.5) is 0 Å². The van der Waals surface area contributed by atoms with Gasteiger partial charge in [-0.2, -0.15) is 0 Å². The molecule has 0 unspecified atom stereocenters. The van der Waals surface area contributed by atoms with Gasteiger partial charge in [0.1, 0.15) is 23.9 Å². The van der Waals surface area contributed by atoms with Crippen LogP contribution in [0.5, 0.6) is 0 Å². The van der Waals surface area contributed by atoms with Crippen LogP contribution in [0.1, 0.15) is 55.6 Å². The highest BCUT2D eigenvalue weighted by molar-refractivity contribution is 5.91. The van der Waals surface area contributed by atoms with E-state index in [1.807, 2.05) is 60.7 Å². The van der Waals surface area contributed by atoms with Crippen LogP contribution in [0.2, 0.25) is 0 Å². The molecule has 2 aromatic carbocycles. The number of aromatic nitrogens is 2. The van der Waals surface area contributed by atoms with Crippen molar-refractivity contribution in [3.05, 3.63) is 90.0 Å². The molecule has 0 saturated heterocycles. The number of primary amides is 1. The summed E-state index contributed by atoms with van der Waals surface area (Å²) in [6.07, 6.45) is 7.77. The molecule has 34 heavy (non-hydrogen) atoms. The summed E-state index contributed by atoms with van der Waals surface area (Å²) in [5.74, 6) is 0.725. The smallest absolute Gasteiger partial charge is 0.302 e. The van der Waals surface area contributed by atoms with Gasteiger partial charge in [-0.05, 0) is 36.3 Å². The van der Waals surface area contributed by atoms with Crippen molar-refractivity contribution in [1.82, 2.24) is 4.57 Å². The average molecular weight is 461 g/mol. The predicted octanol–water partition coefficient (Wildman–Crippen LogP) is 3.85. The SMILES string of the molecule is CC(=O)OCCC[n+]1ccn([C@H]2CC[C@@H](C(C(N)=O)(c3ccccc3)c3ccccc3)C2)c1C. The van der Waals surface area contributed by atoms with Gasteiger partial charge in [-0.3, -0.25) is 9.59 Å². The molecule has 6 nitrogen and oxygen atoms in total. The first-order valence-electron chi connectivity index (χ1n) is 12.1. The Bertz CT molecular complexity index is 1080. The second-order valence-corrected chi connectivity index (χ2v) is 9.21. The molecule has 0 aliphatic heterocycles. The van der Waals surface area contributed by atoms with Gasteiger partial charge in [0, 0.05) is 20.3 Å². The molecule has 3 aromatic rings. The summed E-state index contributed by atoms with van der Waals surface area (Å²) in [6.45, 7) is 4.77. The Morgan fingerprint density at radius 2 is 1.68 bits per heavy atom. The van der Waals surface area contributed by atoms with E-state index in [-0.39, 0.29) is 17.8 Å². The molecule has 0 spiro atoms. The maximum Gasteiger partial charge on any atom is 0.302 e. The van der Waals surface area contributed by atoms with Crippen molar-refractivity contribution in [3.8, 4) is 0 Å². The number of carbonyl (C=O) groups is 2. The first-order valence-corrected chi connectivity index (χ1v) is 12.1. The fourth-order valence-electron chi connectivity index (χ4n) is 5.72. The molecule has 0 radical (unpaired) electrons. The van der Waals surface area contributed by atoms with Crippen LogP contribution in [-0.2, 0) is 26.3 Å². The minimum absolute atomic E-state index is 0.0963. The van der Waals surface area contributed by atoms with Crippen LogP contribution in [0.25, 0.3) is 0 Å². The summed E-state index contributed by atoms with van der Waals surface area (Å²) in [5.41, 5.74) is 7.30. The van der Waals surface area contributed by atoms with Gasteiger partial charge in [0.2, 0.25) is 5.91 Å². The van der Waals surface area contributed by atoms with Gasteiger partial charge in [0.05, 0.1) is 13.2 Å². The lowest BCUT2D eigenvalue weighted by atomic mass is 9.64. The molecule has 1 aliphatic carbocycles. The topological polar surface area (TPSA) is 78.2 Å². The second-order valence-electron chi connectivity index (χ2n) is 9.21. The van der Waals surface area contributed by atoms with Crippen molar-refractivity contribution in [2.45, 2.75) is 57.5 Å². The van der Waals surface area contributed by atoms with Crippen LogP contribution < -0.4 is 10.3 Å². The zero-order valence-electron chi connectivity index (χ0n) is 20.0. The zero-order chi connectivity index (χ0) is 24.1. The number of esters is 1. The number of rotatable bonds is 9. The number of hydrogen-bond donors (Lipinski definition) is 1. The van der Waals surface area contributed by atoms with Crippen molar-refractivity contribution in [2.24, 2.45) is 11.7 Å². The van der Waals surface area contributed by atoms with Gasteiger partial charge in [-0.25, -0.2) is 9.13 Å². The van der Waals surface area contributed by atoms with Crippen LogP contribution in [0, 0.1) is 12.8 Å². The third kappa shape index (κ3) is 4.49. The summed E-state index contributed by atoms with van der Waals surface area (Å²) >= 11 is 0. The van der Waals surface area contributed by atoms with Crippen molar-refractivity contribution in [2.75, 3.05) is 6.61 Å². The maximum atomic E-state index is 13.3. The Hall–Kier alpha value is -3.41. The fraction of sp³-hybridized carbons (Fsp3) is 0.393. The van der Waals surface area contributed by atoms with E-state index >= 15 is 0 Å². The van der Waals surface area contributed by atoms with Crippen molar-refractivity contribution >= 4 is 11.9 Å². The molecule has 1 fully saturated rings. The highest BCUT2D eigenvalue weighted by Crippen LogP contribution is 2.49. The van der Waals surface area contributed by atoms with Gasteiger partial charge in [0.15, 0.2) is 0 Å². The standard InChI is InChI=1S/C28H33N3O3/c1-21-30(16-9-19-34-22(2)32)17-18-31(21)26-15-14-25(20-26)28(27(29)33,23-10-5-3-6-11-23)24-12-7-4-8-13-24/h3-8,10-13,17-18,25-26H,9,14-16,19-20H2,1-2H3,(H-,29,33)/p+1/t25-,26+/m1/s1. The first-order chi connectivity index (χ1) is 16.4. The summed E-state index contributed by atoms with van der Waals surface area (Å²) in [4.78, 5) is 24.3. The molecule has 6 heteroatoms. The third-order valence-electron chi connectivity index (χ3n) is 7.30. The number of carbonyl (C=O) groups excluding carboxylic acids is 2. The van der Waals surface area contributed by atoms with Crippen LogP contribution in [-0.4, -0.2) is 23.1 Å². The van der Waals surface area contributed by atoms with Gasteiger partial charge >= 0.3 is 5.97 Å². The van der Waals surface area contributed by atoms with E-state index in [9.17, 15) is 9.59 Å². The number of nitrogens with zero attached hydrogens (tertiary/aromatic N) is 2. The predicted molar refractivity (Wildman–Crippen MR) is 130 cm³/mol. The quantitative estimate of drug-likeness (QED) is 0.299. The number of benzene rings is 2. The monoisotopic (exact) mass is 460 g/mol. The van der Waals surface area contributed by atoms with Gasteiger partial charge < -0.3 is 10.5 Å². The Labute approximate surface area is 201 Å². The number of aryl methyl sites for hydroxylation is 1. The summed E-state index contributed by atoms with van der Waals surface area (Å²) < 4.78 is 9.59. The minimum Gasteiger partial charge on any atom is -0.466 e. The minimum atomic E-state index is -0.863. The molecule has 0 bridgehead atoms. The van der Waals surface area contributed by atoms with Crippen molar-refractivity contribution in [1.29, 1.82) is 0 Å². The normalized spacial score (nSPS) is 18.1. The van der Waals surface area contributed by atoms with E-state index in [0.29, 0.717) is 12.6 Å². The van der Waals surface area contributed by atoms with Crippen LogP contribution in [0.15, 0.2) is 73.1 Å². The molecular weight excluding hydrogens is 426 g/mol. The maximum absolute atomic E-state index is 13.3. The summed E-state index contributed by atoms with van der Waals surface area (Å²) in [6, 6.07) is 20.3. The molecule has 1 saturated carbocycles. The van der Waals surface area contributed by atoms with E-state index in [1.54, 1.807) is 0 Å². The van der Waals surface area contributed by atoms with E-state index in [0.717, 1.165) is 49.2 Å². The van der Waals surface area contributed by atoms with E-state index in [1.165, 1.54) is 6.92 Å². The molecule has 4 rings (SSSR count). The lowest BCUT2D eigenvalue weighted by Gasteiger charge is -2.37. The Morgan fingerprint density at radius 1 is 1.06 bits per heavy atom. The second kappa shape index (κ2) is 10.2. The Balaban J connectivity index is 1.60. The van der Waals surface area contributed by atoms with Crippen LogP contribution in [0.3, 0.4) is 0 Å². The Morgan fingerprint density at radius 3 is 2.24 bits per heavy atom. The molecular formula is C28H34N3O3+. The van der Waals surface area contributed by atoms with Gasteiger partial charge in [0.25, 0.3) is 5.82 Å². The average Bonchev–Trinajstić information content (AvgIpc) is 3.45. The molecule has 2 N–H and O–H groups in total. The first kappa shape index (κ1) is 23.7. The van der Waals surface area contributed by atoms with E-state index in [4.69, 9.17) is 10.5 Å². The zero-order valence-corrected chi connectivity index (χ0v) is 20.0. The molecule has 1 amide bonds. The highest BCUT2D eigenvalue weighted by atomic mass is 16.5. The number of amides is 1. The largest absolute Gasteiger partial charge is 0.466 e. The third-order valence-corrected chi connectivity index (χ3v) is 7.30. The number of nitrogens with two attached hydrogens (primary N) is 1. The van der Waals surface area contributed by atoms with E-state index in [2.05, 4.69) is 28.5 Å². The van der Waals surface area contributed by atoms with Crippen molar-refractivity contribution in [3.63, 3.8) is 0 Å². The molecule has 1 heterocycles. The fourth-order valence-corrected chi connectivity index (χ4v) is 5.72. The van der Waals surface area contributed by atoms with E-state index < -0.39 is 5.41 Å². The van der Waals surface area contributed by atoms with Crippen LogP contribution >= 0.6 is 0 Å². The molecule has 1 aliphatic rings. The number of hydrogen-bond acceptors (Lipinski definition) is 3. The molecule has 1 aromatic heterocycles. The highest BCUT2D eigenvalue weighted by Gasteiger charge is 2.51. The summed E-state index contributed by atoms with van der Waals surface area (Å²) in [7, 11) is 0. The number of ether oxygens (including phenoxy) is 1. The van der Waals surface area contributed by atoms with Gasteiger partial charge in [-0.1, -0.05) is 60.7 Å². The van der Waals surface area contributed by atoms with Crippen molar-refractivity contribution < 1.29 is 18.9 Å².